The Labute approximate surface area is 144 Å². The second-order valence-electron chi connectivity index (χ2n) is 5.25. The second-order valence-corrected chi connectivity index (χ2v) is 7.10. The molecule has 0 saturated carbocycles. The third-order valence-corrected chi connectivity index (χ3v) is 5.25. The molecule has 1 aromatic heterocycles. The lowest BCUT2D eigenvalue weighted by molar-refractivity contribution is -0.130. The molecule has 0 saturated heterocycles. The van der Waals surface area contributed by atoms with E-state index < -0.39 is 0 Å². The van der Waals surface area contributed by atoms with Crippen LogP contribution in [-0.4, -0.2) is 25.0 Å². The van der Waals surface area contributed by atoms with Crippen LogP contribution in [0.2, 0.25) is 0 Å². The highest BCUT2D eigenvalue weighted by molar-refractivity contribution is 9.10. The van der Waals surface area contributed by atoms with E-state index in [1.807, 2.05) is 25.2 Å². The van der Waals surface area contributed by atoms with E-state index in [1.165, 1.54) is 10.4 Å². The summed E-state index contributed by atoms with van der Waals surface area (Å²) in [6.45, 7) is 2.77. The number of carbonyl (C=O) groups excluding carboxylic acids is 1. The smallest absolute Gasteiger partial charge is 0.222 e. The number of benzene rings is 1. The molecule has 0 fully saturated rings. The third kappa shape index (κ3) is 4.34. The molecular formula is C17H20BrNO2S. The molecule has 3 nitrogen and oxygen atoms in total. The van der Waals surface area contributed by atoms with E-state index in [9.17, 15) is 4.79 Å². The summed E-state index contributed by atoms with van der Waals surface area (Å²) in [4.78, 5) is 15.3. The van der Waals surface area contributed by atoms with Crippen molar-refractivity contribution in [1.29, 1.82) is 0 Å². The minimum absolute atomic E-state index is 0.166. The largest absolute Gasteiger partial charge is 0.496 e. The van der Waals surface area contributed by atoms with Gasteiger partial charge in [0.25, 0.3) is 0 Å². The van der Waals surface area contributed by atoms with Crippen molar-refractivity contribution in [1.82, 2.24) is 4.90 Å². The second kappa shape index (κ2) is 7.79. The Hall–Kier alpha value is -1.33. The van der Waals surface area contributed by atoms with Crippen LogP contribution >= 0.6 is 27.3 Å². The SMILES string of the molecule is COc1ccc(CCC(=O)N(C)Cc2sccc2C)cc1Br. The summed E-state index contributed by atoms with van der Waals surface area (Å²) in [6, 6.07) is 8.02. The molecule has 0 aliphatic carbocycles. The lowest BCUT2D eigenvalue weighted by Gasteiger charge is -2.17. The molecule has 1 amide bonds. The normalized spacial score (nSPS) is 10.5. The van der Waals surface area contributed by atoms with Crippen molar-refractivity contribution in [3.63, 3.8) is 0 Å². The maximum absolute atomic E-state index is 12.3. The van der Waals surface area contributed by atoms with E-state index in [1.54, 1.807) is 23.3 Å². The number of aryl methyl sites for hydroxylation is 2. The number of rotatable bonds is 6. The molecule has 1 heterocycles. The molecule has 2 rings (SSSR count). The number of methoxy groups -OCH3 is 1. The number of ether oxygens (including phenoxy) is 1. The Bertz CT molecular complexity index is 654. The number of amides is 1. The predicted molar refractivity (Wildman–Crippen MR) is 94.5 cm³/mol. The molecule has 0 aliphatic heterocycles. The molecule has 1 aromatic carbocycles. The number of nitrogens with zero attached hydrogens (tertiary/aromatic N) is 1. The minimum atomic E-state index is 0.166. The number of thiophene rings is 1. The van der Waals surface area contributed by atoms with Crippen LogP contribution < -0.4 is 4.74 Å². The molecule has 0 atom stereocenters. The standard InChI is InChI=1S/C17H20BrNO2S/c1-12-8-9-22-16(12)11-19(2)17(20)7-5-13-4-6-15(21-3)14(18)10-13/h4,6,8-10H,5,7,11H2,1-3H3. The van der Waals surface area contributed by atoms with Crippen molar-refractivity contribution in [2.45, 2.75) is 26.3 Å². The van der Waals surface area contributed by atoms with Gasteiger partial charge in [-0.1, -0.05) is 6.07 Å². The Morgan fingerprint density at radius 2 is 2.14 bits per heavy atom. The number of hydrogen-bond acceptors (Lipinski definition) is 3. The first-order valence-electron chi connectivity index (χ1n) is 7.10. The summed E-state index contributed by atoms with van der Waals surface area (Å²) in [6.07, 6.45) is 1.24. The lowest BCUT2D eigenvalue weighted by atomic mass is 10.1. The Balaban J connectivity index is 1.89. The summed E-state index contributed by atoms with van der Waals surface area (Å²) in [5.74, 6) is 0.972. The lowest BCUT2D eigenvalue weighted by Crippen LogP contribution is -2.26. The van der Waals surface area contributed by atoms with E-state index in [0.717, 1.165) is 22.2 Å². The molecule has 22 heavy (non-hydrogen) atoms. The highest BCUT2D eigenvalue weighted by Crippen LogP contribution is 2.26. The molecule has 0 N–H and O–H groups in total. The molecule has 0 aliphatic rings. The Morgan fingerprint density at radius 3 is 2.73 bits per heavy atom. The monoisotopic (exact) mass is 381 g/mol. The van der Waals surface area contributed by atoms with E-state index in [0.29, 0.717) is 13.0 Å². The van der Waals surface area contributed by atoms with Crippen LogP contribution in [0.3, 0.4) is 0 Å². The van der Waals surface area contributed by atoms with Crippen molar-refractivity contribution in [2.75, 3.05) is 14.2 Å². The van der Waals surface area contributed by atoms with Gasteiger partial charge < -0.3 is 9.64 Å². The average Bonchev–Trinajstić information content (AvgIpc) is 2.90. The van der Waals surface area contributed by atoms with E-state index in [2.05, 4.69) is 34.3 Å². The van der Waals surface area contributed by atoms with Crippen LogP contribution in [-0.2, 0) is 17.8 Å². The van der Waals surface area contributed by atoms with E-state index in [4.69, 9.17) is 4.74 Å². The fraction of sp³-hybridized carbons (Fsp3) is 0.353. The van der Waals surface area contributed by atoms with Crippen molar-refractivity contribution in [3.8, 4) is 5.75 Å². The van der Waals surface area contributed by atoms with Crippen molar-refractivity contribution < 1.29 is 9.53 Å². The average molecular weight is 382 g/mol. The zero-order valence-electron chi connectivity index (χ0n) is 13.1. The number of halogens is 1. The fourth-order valence-corrected chi connectivity index (χ4v) is 3.72. The molecule has 5 heteroatoms. The van der Waals surface area contributed by atoms with Crippen molar-refractivity contribution >= 4 is 33.2 Å². The topological polar surface area (TPSA) is 29.5 Å². The fourth-order valence-electron chi connectivity index (χ4n) is 2.18. The van der Waals surface area contributed by atoms with Crippen molar-refractivity contribution in [2.24, 2.45) is 0 Å². The zero-order chi connectivity index (χ0) is 16.1. The Kier molecular flexibility index (Phi) is 6.03. The van der Waals surface area contributed by atoms with Gasteiger partial charge in [-0.25, -0.2) is 0 Å². The van der Waals surface area contributed by atoms with Gasteiger partial charge in [-0.2, -0.15) is 0 Å². The molecule has 0 spiro atoms. The third-order valence-electron chi connectivity index (χ3n) is 3.62. The van der Waals surface area contributed by atoms with Crippen LogP contribution in [0.15, 0.2) is 34.1 Å². The maximum Gasteiger partial charge on any atom is 0.222 e. The van der Waals surface area contributed by atoms with Gasteiger partial charge in [0, 0.05) is 18.3 Å². The summed E-state index contributed by atoms with van der Waals surface area (Å²) in [7, 11) is 3.51. The van der Waals surface area contributed by atoms with Crippen LogP contribution in [0, 0.1) is 6.92 Å². The molecule has 2 aromatic rings. The van der Waals surface area contributed by atoms with Gasteiger partial charge in [0.1, 0.15) is 5.75 Å². The van der Waals surface area contributed by atoms with Gasteiger partial charge in [0.2, 0.25) is 5.91 Å². The first-order valence-corrected chi connectivity index (χ1v) is 8.78. The van der Waals surface area contributed by atoms with Crippen molar-refractivity contribution in [3.05, 3.63) is 50.1 Å². The first-order chi connectivity index (χ1) is 10.5. The predicted octanol–water partition coefficient (Wildman–Crippen LogP) is 4.42. The summed E-state index contributed by atoms with van der Waals surface area (Å²) in [5, 5.41) is 2.07. The Morgan fingerprint density at radius 1 is 1.36 bits per heavy atom. The van der Waals surface area contributed by atoms with Crippen LogP contribution in [0.5, 0.6) is 5.75 Å². The summed E-state index contributed by atoms with van der Waals surface area (Å²) >= 11 is 5.17. The van der Waals surface area contributed by atoms with Gasteiger partial charge in [0.15, 0.2) is 0 Å². The maximum atomic E-state index is 12.3. The van der Waals surface area contributed by atoms with Crippen LogP contribution in [0.4, 0.5) is 0 Å². The molecule has 0 bridgehead atoms. The number of hydrogen-bond donors (Lipinski definition) is 0. The van der Waals surface area contributed by atoms with Crippen LogP contribution in [0.1, 0.15) is 22.4 Å². The molecule has 118 valence electrons. The number of carbonyl (C=O) groups is 1. The highest BCUT2D eigenvalue weighted by atomic mass is 79.9. The van der Waals surface area contributed by atoms with Gasteiger partial charge in [-0.05, 0) is 64.0 Å². The quantitative estimate of drug-likeness (QED) is 0.740. The molecule has 0 unspecified atom stereocenters. The van der Waals surface area contributed by atoms with Gasteiger partial charge in [0.05, 0.1) is 18.1 Å². The highest BCUT2D eigenvalue weighted by Gasteiger charge is 2.12. The zero-order valence-corrected chi connectivity index (χ0v) is 15.5. The summed E-state index contributed by atoms with van der Waals surface area (Å²) < 4.78 is 6.13. The molecular weight excluding hydrogens is 362 g/mol. The minimum Gasteiger partial charge on any atom is -0.496 e. The van der Waals surface area contributed by atoms with Crippen LogP contribution in [0.25, 0.3) is 0 Å². The van der Waals surface area contributed by atoms with Gasteiger partial charge in [-0.15, -0.1) is 11.3 Å². The summed E-state index contributed by atoms with van der Waals surface area (Å²) in [5.41, 5.74) is 2.38. The van der Waals surface area contributed by atoms with E-state index >= 15 is 0 Å². The van der Waals surface area contributed by atoms with Gasteiger partial charge in [-0.3, -0.25) is 4.79 Å². The van der Waals surface area contributed by atoms with Gasteiger partial charge >= 0.3 is 0 Å². The van der Waals surface area contributed by atoms with E-state index in [-0.39, 0.29) is 5.91 Å². The first kappa shape index (κ1) is 17.0. The molecule has 0 radical (unpaired) electrons.